The first-order chi connectivity index (χ1) is 14.6. The van der Waals surface area contributed by atoms with Gasteiger partial charge in [0.05, 0.1) is 23.9 Å². The van der Waals surface area contributed by atoms with E-state index >= 15 is 0 Å². The molecule has 0 spiro atoms. The fourth-order valence-corrected chi connectivity index (χ4v) is 3.90. The standard InChI is InChI=1S/C26H32N2O2/c1-5-7-10-19(6-2)17-27-26(29)24-18(3)25(20-13-15-21(30-4)16-14-20)28-23-12-9-8-11-22(23)24/h8-9,11-16,19H,5-7,10,17H2,1-4H3,(H,27,29)/t19-/m1/s1. The van der Waals surface area contributed by atoms with Crippen LogP contribution in [0.5, 0.6) is 5.75 Å². The topological polar surface area (TPSA) is 51.2 Å². The summed E-state index contributed by atoms with van der Waals surface area (Å²) in [6, 6.07) is 15.7. The van der Waals surface area contributed by atoms with E-state index in [4.69, 9.17) is 9.72 Å². The van der Waals surface area contributed by atoms with Crippen LogP contribution in [-0.4, -0.2) is 24.5 Å². The number of ether oxygens (including phenoxy) is 1. The summed E-state index contributed by atoms with van der Waals surface area (Å²) in [6.07, 6.45) is 4.62. The number of methoxy groups -OCH3 is 1. The number of carbonyl (C=O) groups is 1. The van der Waals surface area contributed by atoms with Crippen molar-refractivity contribution in [2.24, 2.45) is 5.92 Å². The molecule has 0 unspecified atom stereocenters. The van der Waals surface area contributed by atoms with Gasteiger partial charge in [-0.05, 0) is 55.2 Å². The molecule has 1 heterocycles. The Morgan fingerprint density at radius 3 is 2.50 bits per heavy atom. The van der Waals surface area contributed by atoms with Crippen molar-refractivity contribution in [3.05, 3.63) is 59.7 Å². The largest absolute Gasteiger partial charge is 0.497 e. The Morgan fingerprint density at radius 1 is 1.10 bits per heavy atom. The summed E-state index contributed by atoms with van der Waals surface area (Å²) in [7, 11) is 1.65. The minimum atomic E-state index is -0.0178. The number of nitrogens with zero attached hydrogens (tertiary/aromatic N) is 1. The molecule has 0 aliphatic heterocycles. The molecule has 0 radical (unpaired) electrons. The van der Waals surface area contributed by atoms with Crippen LogP contribution in [0.2, 0.25) is 0 Å². The normalized spacial score (nSPS) is 12.0. The van der Waals surface area contributed by atoms with Gasteiger partial charge in [0.25, 0.3) is 5.91 Å². The summed E-state index contributed by atoms with van der Waals surface area (Å²) >= 11 is 0. The van der Waals surface area contributed by atoms with Gasteiger partial charge in [-0.25, -0.2) is 4.98 Å². The zero-order chi connectivity index (χ0) is 21.5. The second kappa shape index (κ2) is 10.2. The second-order valence-electron chi connectivity index (χ2n) is 7.83. The Morgan fingerprint density at radius 2 is 1.83 bits per heavy atom. The molecule has 4 heteroatoms. The van der Waals surface area contributed by atoms with Gasteiger partial charge in [-0.1, -0.05) is 51.3 Å². The van der Waals surface area contributed by atoms with Gasteiger partial charge in [0.1, 0.15) is 5.75 Å². The molecular weight excluding hydrogens is 372 g/mol. The number of hydrogen-bond donors (Lipinski definition) is 1. The van der Waals surface area contributed by atoms with Gasteiger partial charge in [-0.3, -0.25) is 4.79 Å². The summed E-state index contributed by atoms with van der Waals surface area (Å²) in [6.45, 7) is 7.10. The fraction of sp³-hybridized carbons (Fsp3) is 0.385. The van der Waals surface area contributed by atoms with Crippen LogP contribution in [0.1, 0.15) is 55.5 Å². The predicted molar refractivity (Wildman–Crippen MR) is 124 cm³/mol. The molecule has 158 valence electrons. The van der Waals surface area contributed by atoms with Gasteiger partial charge in [-0.15, -0.1) is 0 Å². The van der Waals surface area contributed by atoms with E-state index in [1.54, 1.807) is 7.11 Å². The number of rotatable bonds is 9. The van der Waals surface area contributed by atoms with Crippen molar-refractivity contribution in [1.82, 2.24) is 10.3 Å². The van der Waals surface area contributed by atoms with E-state index < -0.39 is 0 Å². The lowest BCUT2D eigenvalue weighted by Gasteiger charge is -2.18. The number of benzene rings is 2. The van der Waals surface area contributed by atoms with Gasteiger partial charge in [0, 0.05) is 17.5 Å². The molecule has 0 aliphatic rings. The van der Waals surface area contributed by atoms with E-state index in [0.717, 1.165) is 51.9 Å². The Kier molecular flexibility index (Phi) is 7.45. The number of amides is 1. The molecule has 0 aliphatic carbocycles. The van der Waals surface area contributed by atoms with Crippen LogP contribution in [0.3, 0.4) is 0 Å². The van der Waals surface area contributed by atoms with Crippen LogP contribution in [0.25, 0.3) is 22.2 Å². The van der Waals surface area contributed by atoms with E-state index in [2.05, 4.69) is 19.2 Å². The highest BCUT2D eigenvalue weighted by molar-refractivity contribution is 6.08. The van der Waals surface area contributed by atoms with Gasteiger partial charge in [0.15, 0.2) is 0 Å². The molecule has 0 saturated heterocycles. The highest BCUT2D eigenvalue weighted by Crippen LogP contribution is 2.30. The van der Waals surface area contributed by atoms with Crippen molar-refractivity contribution in [2.75, 3.05) is 13.7 Å². The van der Waals surface area contributed by atoms with Crippen molar-refractivity contribution < 1.29 is 9.53 Å². The zero-order valence-electron chi connectivity index (χ0n) is 18.5. The van der Waals surface area contributed by atoms with Crippen LogP contribution >= 0.6 is 0 Å². The zero-order valence-corrected chi connectivity index (χ0v) is 18.5. The maximum Gasteiger partial charge on any atom is 0.252 e. The number of hydrogen-bond acceptors (Lipinski definition) is 3. The molecule has 0 bridgehead atoms. The number of unbranched alkanes of at least 4 members (excludes halogenated alkanes) is 1. The van der Waals surface area contributed by atoms with E-state index in [-0.39, 0.29) is 5.91 Å². The van der Waals surface area contributed by atoms with Gasteiger partial charge < -0.3 is 10.1 Å². The van der Waals surface area contributed by atoms with Crippen LogP contribution < -0.4 is 10.1 Å². The summed E-state index contributed by atoms with van der Waals surface area (Å²) in [5, 5.41) is 4.10. The van der Waals surface area contributed by atoms with Crippen LogP contribution in [-0.2, 0) is 0 Å². The van der Waals surface area contributed by atoms with Crippen LogP contribution in [0.4, 0.5) is 0 Å². The van der Waals surface area contributed by atoms with Crippen molar-refractivity contribution in [3.63, 3.8) is 0 Å². The summed E-state index contributed by atoms with van der Waals surface area (Å²) < 4.78 is 5.28. The van der Waals surface area contributed by atoms with E-state index in [9.17, 15) is 4.79 Å². The molecule has 1 amide bonds. The van der Waals surface area contributed by atoms with Gasteiger partial charge in [0.2, 0.25) is 0 Å². The monoisotopic (exact) mass is 404 g/mol. The first-order valence-corrected chi connectivity index (χ1v) is 10.9. The first kappa shape index (κ1) is 21.8. The van der Waals surface area contributed by atoms with Crippen molar-refractivity contribution in [1.29, 1.82) is 0 Å². The minimum Gasteiger partial charge on any atom is -0.497 e. The molecular formula is C26H32N2O2. The lowest BCUT2D eigenvalue weighted by atomic mass is 9.96. The first-order valence-electron chi connectivity index (χ1n) is 10.9. The average Bonchev–Trinajstić information content (AvgIpc) is 2.78. The molecule has 30 heavy (non-hydrogen) atoms. The molecule has 3 aromatic rings. The third-order valence-corrected chi connectivity index (χ3v) is 5.82. The van der Waals surface area contributed by atoms with Crippen molar-refractivity contribution in [3.8, 4) is 17.0 Å². The molecule has 1 atom stereocenters. The van der Waals surface area contributed by atoms with E-state index in [0.29, 0.717) is 12.5 Å². The Bertz CT molecular complexity index is 996. The molecule has 0 saturated carbocycles. The van der Waals surface area contributed by atoms with E-state index in [1.807, 2.05) is 55.5 Å². The number of para-hydroxylation sites is 1. The minimum absolute atomic E-state index is 0.0178. The fourth-order valence-electron chi connectivity index (χ4n) is 3.90. The summed E-state index contributed by atoms with van der Waals surface area (Å²) in [5.41, 5.74) is 4.26. The van der Waals surface area contributed by atoms with Gasteiger partial charge >= 0.3 is 0 Å². The number of nitrogens with one attached hydrogen (secondary N) is 1. The average molecular weight is 405 g/mol. The molecule has 0 fully saturated rings. The van der Waals surface area contributed by atoms with Crippen LogP contribution in [0, 0.1) is 12.8 Å². The Balaban J connectivity index is 1.98. The Hall–Kier alpha value is -2.88. The molecule has 1 aromatic heterocycles. The summed E-state index contributed by atoms with van der Waals surface area (Å²) in [4.78, 5) is 18.2. The third kappa shape index (κ3) is 4.81. The molecule has 1 N–H and O–H groups in total. The lowest BCUT2D eigenvalue weighted by molar-refractivity contribution is 0.0947. The van der Waals surface area contributed by atoms with Gasteiger partial charge in [-0.2, -0.15) is 0 Å². The summed E-state index contributed by atoms with van der Waals surface area (Å²) in [5.74, 6) is 1.30. The van der Waals surface area contributed by atoms with Crippen LogP contribution in [0.15, 0.2) is 48.5 Å². The highest BCUT2D eigenvalue weighted by atomic mass is 16.5. The number of fused-ring (bicyclic) bond motifs is 1. The predicted octanol–water partition coefficient (Wildman–Crippen LogP) is 6.17. The molecule has 2 aromatic carbocycles. The van der Waals surface area contributed by atoms with Crippen molar-refractivity contribution >= 4 is 16.8 Å². The highest BCUT2D eigenvalue weighted by Gasteiger charge is 2.19. The smallest absolute Gasteiger partial charge is 0.252 e. The SMILES string of the molecule is CCCC[C@@H](CC)CNC(=O)c1c(C)c(-c2ccc(OC)cc2)nc2ccccc12. The molecule has 3 rings (SSSR count). The Labute approximate surface area is 179 Å². The third-order valence-electron chi connectivity index (χ3n) is 5.82. The number of pyridine rings is 1. The number of carbonyl (C=O) groups excluding carboxylic acids is 1. The second-order valence-corrected chi connectivity index (χ2v) is 7.83. The lowest BCUT2D eigenvalue weighted by Crippen LogP contribution is -2.30. The van der Waals surface area contributed by atoms with Crippen molar-refractivity contribution in [2.45, 2.75) is 46.5 Å². The maximum absolute atomic E-state index is 13.3. The maximum atomic E-state index is 13.3. The van der Waals surface area contributed by atoms with E-state index in [1.165, 1.54) is 12.8 Å². The number of aromatic nitrogens is 1. The quantitative estimate of drug-likeness (QED) is 0.464. The molecule has 4 nitrogen and oxygen atoms in total.